The highest BCUT2D eigenvalue weighted by molar-refractivity contribution is 5.85. The van der Waals surface area contributed by atoms with Crippen LogP contribution in [0.2, 0.25) is 0 Å². The van der Waals surface area contributed by atoms with Gasteiger partial charge in [-0.3, -0.25) is 19.7 Å². The standard InChI is InChI=1S/C17H16FN3O5/c18-14-7-11(4-5-15(14)21(25)26)8-16(23)20-10-17(24)19-9-12-2-1-3-13(22)6-12/h1-7,22H,8-10H2,(H,19,24)(H,20,23). The van der Waals surface area contributed by atoms with E-state index in [1.807, 2.05) is 0 Å². The van der Waals surface area contributed by atoms with Crippen LogP contribution in [0.15, 0.2) is 42.5 Å². The highest BCUT2D eigenvalue weighted by atomic mass is 19.1. The molecule has 0 fully saturated rings. The predicted octanol–water partition coefficient (Wildman–Crippen LogP) is 1.41. The fraction of sp³-hybridized carbons (Fsp3) is 0.176. The first kappa shape index (κ1) is 18.8. The number of amides is 2. The fourth-order valence-electron chi connectivity index (χ4n) is 2.16. The van der Waals surface area contributed by atoms with E-state index in [1.54, 1.807) is 12.1 Å². The molecule has 0 bridgehead atoms. The Balaban J connectivity index is 1.78. The summed E-state index contributed by atoms with van der Waals surface area (Å²) in [7, 11) is 0. The predicted molar refractivity (Wildman–Crippen MR) is 89.7 cm³/mol. The van der Waals surface area contributed by atoms with E-state index in [9.17, 15) is 29.2 Å². The minimum absolute atomic E-state index is 0.0837. The number of nitro benzene ring substituents is 1. The maximum atomic E-state index is 13.5. The van der Waals surface area contributed by atoms with Gasteiger partial charge in [0, 0.05) is 12.6 Å². The Morgan fingerprint density at radius 3 is 2.50 bits per heavy atom. The number of carbonyl (C=O) groups excluding carboxylic acids is 2. The molecule has 0 saturated carbocycles. The first-order chi connectivity index (χ1) is 12.3. The number of nitrogens with zero attached hydrogens (tertiary/aromatic N) is 1. The van der Waals surface area contributed by atoms with E-state index >= 15 is 0 Å². The van der Waals surface area contributed by atoms with Crippen molar-refractivity contribution in [2.45, 2.75) is 13.0 Å². The van der Waals surface area contributed by atoms with Crippen molar-refractivity contribution in [3.05, 3.63) is 69.5 Å². The Morgan fingerprint density at radius 2 is 1.85 bits per heavy atom. The van der Waals surface area contributed by atoms with Crippen molar-refractivity contribution in [2.24, 2.45) is 0 Å². The Labute approximate surface area is 147 Å². The molecule has 2 amide bonds. The minimum atomic E-state index is -1.02. The Bertz CT molecular complexity index is 841. The Hall–Kier alpha value is -3.49. The summed E-state index contributed by atoms with van der Waals surface area (Å²) in [5.74, 6) is -1.90. The number of halogens is 1. The van der Waals surface area contributed by atoms with Gasteiger partial charge in [-0.2, -0.15) is 4.39 Å². The summed E-state index contributed by atoms with van der Waals surface area (Å²) in [6.07, 6.45) is -0.214. The van der Waals surface area contributed by atoms with Crippen LogP contribution in [0.5, 0.6) is 5.75 Å². The summed E-state index contributed by atoms with van der Waals surface area (Å²) in [6.45, 7) is -0.0796. The maximum absolute atomic E-state index is 13.5. The number of aromatic hydroxyl groups is 1. The van der Waals surface area contributed by atoms with E-state index in [0.717, 1.165) is 12.1 Å². The van der Waals surface area contributed by atoms with E-state index in [4.69, 9.17) is 0 Å². The van der Waals surface area contributed by atoms with Crippen LogP contribution < -0.4 is 10.6 Å². The summed E-state index contributed by atoms with van der Waals surface area (Å²) in [4.78, 5) is 33.2. The molecule has 0 saturated heterocycles. The van der Waals surface area contributed by atoms with Gasteiger partial charge in [0.25, 0.3) is 0 Å². The van der Waals surface area contributed by atoms with Crippen LogP contribution >= 0.6 is 0 Å². The van der Waals surface area contributed by atoms with Gasteiger partial charge >= 0.3 is 5.69 Å². The van der Waals surface area contributed by atoms with Crippen LogP contribution in [-0.4, -0.2) is 28.4 Å². The van der Waals surface area contributed by atoms with Crippen molar-refractivity contribution in [3.8, 4) is 5.75 Å². The molecular formula is C17H16FN3O5. The van der Waals surface area contributed by atoms with E-state index in [0.29, 0.717) is 5.56 Å². The quantitative estimate of drug-likeness (QED) is 0.508. The van der Waals surface area contributed by atoms with Gasteiger partial charge in [0.1, 0.15) is 5.75 Å². The van der Waals surface area contributed by atoms with Crippen LogP contribution in [0.4, 0.5) is 10.1 Å². The zero-order chi connectivity index (χ0) is 19.1. The summed E-state index contributed by atoms with van der Waals surface area (Å²) in [5, 5.41) is 24.8. The summed E-state index contributed by atoms with van der Waals surface area (Å²) in [6, 6.07) is 9.56. The highest BCUT2D eigenvalue weighted by Crippen LogP contribution is 2.18. The third-order valence-electron chi connectivity index (χ3n) is 3.42. The van der Waals surface area contributed by atoms with Crippen LogP contribution in [0.3, 0.4) is 0 Å². The smallest absolute Gasteiger partial charge is 0.304 e. The molecule has 0 radical (unpaired) electrons. The molecule has 0 aromatic heterocycles. The molecule has 0 heterocycles. The van der Waals surface area contributed by atoms with Gasteiger partial charge in [0.2, 0.25) is 17.6 Å². The molecule has 2 rings (SSSR count). The van der Waals surface area contributed by atoms with Gasteiger partial charge in [-0.05, 0) is 29.3 Å². The first-order valence-electron chi connectivity index (χ1n) is 7.59. The number of hydrogen-bond donors (Lipinski definition) is 3. The van der Waals surface area contributed by atoms with Crippen LogP contribution in [0.1, 0.15) is 11.1 Å². The van der Waals surface area contributed by atoms with E-state index in [1.165, 1.54) is 18.2 Å². The van der Waals surface area contributed by atoms with Crippen molar-refractivity contribution in [2.75, 3.05) is 6.54 Å². The average molecular weight is 361 g/mol. The zero-order valence-electron chi connectivity index (χ0n) is 13.6. The van der Waals surface area contributed by atoms with E-state index in [-0.39, 0.29) is 30.8 Å². The fourth-order valence-corrected chi connectivity index (χ4v) is 2.16. The second kappa shape index (κ2) is 8.56. The van der Waals surface area contributed by atoms with Crippen LogP contribution in [-0.2, 0) is 22.6 Å². The minimum Gasteiger partial charge on any atom is -0.508 e. The summed E-state index contributed by atoms with van der Waals surface area (Å²) in [5.41, 5.74) is 0.289. The molecule has 0 aliphatic heterocycles. The molecule has 0 atom stereocenters. The normalized spacial score (nSPS) is 10.2. The van der Waals surface area contributed by atoms with Crippen LogP contribution in [0, 0.1) is 15.9 Å². The number of nitro groups is 1. The molecule has 0 aliphatic rings. The second-order valence-corrected chi connectivity index (χ2v) is 5.44. The molecule has 26 heavy (non-hydrogen) atoms. The highest BCUT2D eigenvalue weighted by Gasteiger charge is 2.15. The Kier molecular flexibility index (Phi) is 6.20. The molecule has 2 aromatic carbocycles. The van der Waals surface area contributed by atoms with Crippen molar-refractivity contribution in [1.29, 1.82) is 0 Å². The topological polar surface area (TPSA) is 122 Å². The van der Waals surface area contributed by atoms with Gasteiger partial charge in [-0.25, -0.2) is 0 Å². The van der Waals surface area contributed by atoms with Crippen molar-refractivity contribution in [1.82, 2.24) is 10.6 Å². The SMILES string of the molecule is O=C(CNC(=O)Cc1ccc([N+](=O)[O-])c(F)c1)NCc1cccc(O)c1. The van der Waals surface area contributed by atoms with Crippen molar-refractivity contribution in [3.63, 3.8) is 0 Å². The molecular weight excluding hydrogens is 345 g/mol. The lowest BCUT2D eigenvalue weighted by atomic mass is 10.1. The van der Waals surface area contributed by atoms with Gasteiger partial charge in [0.05, 0.1) is 17.9 Å². The summed E-state index contributed by atoms with van der Waals surface area (Å²) >= 11 is 0. The number of hydrogen-bond acceptors (Lipinski definition) is 5. The molecule has 8 nitrogen and oxygen atoms in total. The second-order valence-electron chi connectivity index (χ2n) is 5.44. The number of rotatable bonds is 7. The monoisotopic (exact) mass is 361 g/mol. The lowest BCUT2D eigenvalue weighted by Crippen LogP contribution is -2.37. The summed E-state index contributed by atoms with van der Waals surface area (Å²) < 4.78 is 13.5. The number of phenolic OH excluding ortho intramolecular Hbond substituents is 1. The zero-order valence-corrected chi connectivity index (χ0v) is 13.6. The van der Waals surface area contributed by atoms with Gasteiger partial charge in [0.15, 0.2) is 0 Å². The van der Waals surface area contributed by atoms with Gasteiger partial charge < -0.3 is 15.7 Å². The largest absolute Gasteiger partial charge is 0.508 e. The number of phenols is 1. The first-order valence-corrected chi connectivity index (χ1v) is 7.59. The van der Waals surface area contributed by atoms with Crippen molar-refractivity contribution >= 4 is 17.5 Å². The lowest BCUT2D eigenvalue weighted by molar-refractivity contribution is -0.387. The van der Waals surface area contributed by atoms with Crippen molar-refractivity contribution < 1.29 is 24.0 Å². The molecule has 3 N–H and O–H groups in total. The molecule has 0 unspecified atom stereocenters. The lowest BCUT2D eigenvalue weighted by Gasteiger charge is -2.08. The van der Waals surface area contributed by atoms with Gasteiger partial charge in [-0.1, -0.05) is 18.2 Å². The average Bonchev–Trinajstić information content (AvgIpc) is 2.58. The maximum Gasteiger partial charge on any atom is 0.304 e. The molecule has 0 aliphatic carbocycles. The molecule has 0 spiro atoms. The van der Waals surface area contributed by atoms with E-state index < -0.39 is 28.2 Å². The number of nitrogens with one attached hydrogen (secondary N) is 2. The molecule has 136 valence electrons. The van der Waals surface area contributed by atoms with Crippen LogP contribution in [0.25, 0.3) is 0 Å². The number of benzene rings is 2. The molecule has 2 aromatic rings. The third-order valence-corrected chi connectivity index (χ3v) is 3.42. The van der Waals surface area contributed by atoms with Gasteiger partial charge in [-0.15, -0.1) is 0 Å². The third kappa shape index (κ3) is 5.55. The van der Waals surface area contributed by atoms with E-state index in [2.05, 4.69) is 10.6 Å². The number of carbonyl (C=O) groups is 2. The molecule has 9 heteroatoms. The Morgan fingerprint density at radius 1 is 1.08 bits per heavy atom.